The molecule has 0 aromatic heterocycles. The molecule has 6 aliphatic rings. The number of ether oxygens (including phenoxy) is 9. The molecule has 67 heavy (non-hydrogen) atoms. The minimum Gasteiger partial charge on any atom is -0.487 e. The predicted octanol–water partition coefficient (Wildman–Crippen LogP) is -0.626. The summed E-state index contributed by atoms with van der Waals surface area (Å²) < 4.78 is 55.2. The van der Waals surface area contributed by atoms with Crippen molar-refractivity contribution in [1.29, 1.82) is 0 Å². The number of aryl methyl sites for hydroxylation is 1. The Labute approximate surface area is 390 Å². The minimum absolute atomic E-state index is 0.0788. The number of aliphatic hydroxyl groups excluding tert-OH is 11. The van der Waals surface area contributed by atoms with Gasteiger partial charge in [0.15, 0.2) is 18.9 Å². The molecule has 4 saturated heterocycles. The Morgan fingerprint density at radius 2 is 1.28 bits per heavy atom. The molecule has 1 aliphatic carbocycles. The molecule has 22 atom stereocenters. The van der Waals surface area contributed by atoms with E-state index in [1.165, 1.54) is 5.57 Å². The van der Waals surface area contributed by atoms with E-state index in [-0.39, 0.29) is 18.3 Å². The largest absolute Gasteiger partial charge is 0.487 e. The van der Waals surface area contributed by atoms with E-state index in [1.807, 2.05) is 12.1 Å². The van der Waals surface area contributed by atoms with E-state index in [9.17, 15) is 56.2 Å². The number of allylic oxidation sites excluding steroid dienone is 2. The third kappa shape index (κ3) is 10.9. The van der Waals surface area contributed by atoms with Gasteiger partial charge in [-0.25, -0.2) is 0 Å². The van der Waals surface area contributed by atoms with Crippen LogP contribution in [0, 0.1) is 11.8 Å². The highest BCUT2D eigenvalue weighted by molar-refractivity contribution is 5.54. The molecule has 0 unspecified atom stereocenters. The monoisotopic (exact) mass is 958 g/mol. The first kappa shape index (κ1) is 52.7. The van der Waals surface area contributed by atoms with Gasteiger partial charge in [0.1, 0.15) is 90.3 Å². The van der Waals surface area contributed by atoms with Crippen LogP contribution in [-0.4, -0.2) is 198 Å². The standard InChI is InChI=1S/C47H74O20/c1-7-9-10-11-22-15-26(31-23-14-20(3)12-13-24(23)47(5,6)67-27(31)16-22)61-44-39(57)36(54)41(30(64-44)19-59-43-37(55)32(50)21(4)28(17-48)62-43)65-46-40(58)42(34(52)29(18-49)63-46)66-45-38(56)35(53)33(51)25(8-2)60-45/h14-16,21,23-25,28-30,32-46,48-58H,7-13,17-19H2,1-6H3/t21-,23-,24-,25-,28-,29-,30-,32+,33-,34-,35+,36-,37-,38-,39-,40-,41-,42+,43-,44-,45+,46+/m1/s1. The van der Waals surface area contributed by atoms with Crippen molar-refractivity contribution in [3.05, 3.63) is 34.9 Å². The van der Waals surface area contributed by atoms with Crippen molar-refractivity contribution >= 4 is 0 Å². The van der Waals surface area contributed by atoms with Crippen molar-refractivity contribution in [2.75, 3.05) is 19.8 Å². The third-order valence-corrected chi connectivity index (χ3v) is 14.6. The predicted molar refractivity (Wildman–Crippen MR) is 232 cm³/mol. The third-order valence-electron chi connectivity index (χ3n) is 14.6. The molecular weight excluding hydrogens is 884 g/mol. The van der Waals surface area contributed by atoms with Crippen LogP contribution in [0.15, 0.2) is 23.8 Å². The molecule has 20 heteroatoms. The second-order valence-corrected chi connectivity index (χ2v) is 19.7. The van der Waals surface area contributed by atoms with Crippen molar-refractivity contribution in [1.82, 2.24) is 0 Å². The summed E-state index contributed by atoms with van der Waals surface area (Å²) in [4.78, 5) is 0. The summed E-state index contributed by atoms with van der Waals surface area (Å²) in [7, 11) is 0. The van der Waals surface area contributed by atoms with Gasteiger partial charge >= 0.3 is 0 Å². The average molecular weight is 959 g/mol. The van der Waals surface area contributed by atoms with Crippen LogP contribution in [0.25, 0.3) is 0 Å². The quantitative estimate of drug-likeness (QED) is 0.0727. The Kier molecular flexibility index (Phi) is 17.4. The van der Waals surface area contributed by atoms with Crippen molar-refractivity contribution < 1.29 is 98.8 Å². The van der Waals surface area contributed by atoms with E-state index in [2.05, 4.69) is 33.8 Å². The van der Waals surface area contributed by atoms with Crippen LogP contribution in [0.5, 0.6) is 11.5 Å². The lowest BCUT2D eigenvalue weighted by atomic mass is 9.68. The molecule has 7 rings (SSSR count). The summed E-state index contributed by atoms with van der Waals surface area (Å²) >= 11 is 0. The molecule has 5 heterocycles. The van der Waals surface area contributed by atoms with E-state index < -0.39 is 148 Å². The fourth-order valence-corrected chi connectivity index (χ4v) is 10.4. The van der Waals surface area contributed by atoms with Crippen molar-refractivity contribution in [3.8, 4) is 11.5 Å². The number of aliphatic hydroxyl groups is 11. The van der Waals surface area contributed by atoms with E-state index in [0.29, 0.717) is 17.9 Å². The van der Waals surface area contributed by atoms with Crippen LogP contribution in [-0.2, 0) is 39.6 Å². The Morgan fingerprint density at radius 3 is 1.97 bits per heavy atom. The summed E-state index contributed by atoms with van der Waals surface area (Å²) in [5.41, 5.74) is 2.38. The molecule has 1 aromatic carbocycles. The molecule has 0 saturated carbocycles. The zero-order valence-electron chi connectivity index (χ0n) is 39.1. The fourth-order valence-electron chi connectivity index (χ4n) is 10.4. The summed E-state index contributed by atoms with van der Waals surface area (Å²) in [5.74, 6) is 0.280. The molecule has 0 bridgehead atoms. The second kappa shape index (κ2) is 22.1. The van der Waals surface area contributed by atoms with Gasteiger partial charge in [-0.15, -0.1) is 0 Å². The highest BCUT2D eigenvalue weighted by atomic mass is 16.8. The van der Waals surface area contributed by atoms with E-state index >= 15 is 0 Å². The first-order chi connectivity index (χ1) is 31.8. The fraction of sp³-hybridized carbons (Fsp3) is 0.830. The number of hydrogen-bond donors (Lipinski definition) is 11. The molecule has 0 spiro atoms. The van der Waals surface area contributed by atoms with Gasteiger partial charge in [0.05, 0.1) is 38.1 Å². The SMILES string of the molecule is CCCCCc1cc(O[C@@H]2O[C@H](CO[C@@H]3O[C@H](CO)[C@@H](C)[C@H](O)[C@H]3O)[C@@H](O[C@@H]3O[C@H](CO)[C@@H](O)[C@H](O[C@@H]4O[C@H](CC)[C@@H](O)[C@H](O)[C@H]4O)[C@H]3O)[C@H](O)[C@H]2O)c2c(c1)OC(C)(C)[C@@H]1CCC(C)=C[C@@H]21. The summed E-state index contributed by atoms with van der Waals surface area (Å²) in [6, 6.07) is 3.93. The molecule has 5 aliphatic heterocycles. The number of hydrogen-bond acceptors (Lipinski definition) is 20. The first-order valence-electron chi connectivity index (χ1n) is 23.9. The highest BCUT2D eigenvalue weighted by Gasteiger charge is 2.55. The van der Waals surface area contributed by atoms with Crippen LogP contribution in [0.2, 0.25) is 0 Å². The maximum atomic E-state index is 12.0. The van der Waals surface area contributed by atoms with Crippen molar-refractivity contribution in [2.24, 2.45) is 11.8 Å². The Morgan fingerprint density at radius 1 is 0.657 bits per heavy atom. The number of benzene rings is 1. The molecule has 11 N–H and O–H groups in total. The number of rotatable bonds is 16. The molecule has 0 amide bonds. The van der Waals surface area contributed by atoms with Crippen LogP contribution in [0.4, 0.5) is 0 Å². The second-order valence-electron chi connectivity index (χ2n) is 19.7. The zero-order valence-corrected chi connectivity index (χ0v) is 39.1. The van der Waals surface area contributed by atoms with Crippen LogP contribution in [0.1, 0.15) is 97.1 Å². The summed E-state index contributed by atoms with van der Waals surface area (Å²) in [5, 5.41) is 121. The molecule has 1 aromatic rings. The Bertz CT molecular complexity index is 1800. The van der Waals surface area contributed by atoms with Gasteiger partial charge in [0.25, 0.3) is 0 Å². The maximum Gasteiger partial charge on any atom is 0.229 e. The number of fused-ring (bicyclic) bond motifs is 3. The van der Waals surface area contributed by atoms with Gasteiger partial charge < -0.3 is 98.8 Å². The minimum atomic E-state index is -1.96. The normalized spacial score (nSPS) is 44.2. The number of unbranched alkanes of at least 4 members (excludes halogenated alkanes) is 2. The van der Waals surface area contributed by atoms with Crippen LogP contribution < -0.4 is 9.47 Å². The molecule has 20 nitrogen and oxygen atoms in total. The lowest BCUT2D eigenvalue weighted by Crippen LogP contribution is -2.67. The average Bonchev–Trinajstić information content (AvgIpc) is 3.29. The van der Waals surface area contributed by atoms with E-state index in [4.69, 9.17) is 42.6 Å². The van der Waals surface area contributed by atoms with E-state index in [0.717, 1.165) is 43.2 Å². The summed E-state index contributed by atoms with van der Waals surface area (Å²) in [6.45, 7) is 9.68. The van der Waals surface area contributed by atoms with Gasteiger partial charge in [-0.05, 0) is 70.6 Å². The van der Waals surface area contributed by atoms with Gasteiger partial charge in [-0.3, -0.25) is 0 Å². The van der Waals surface area contributed by atoms with Crippen LogP contribution >= 0.6 is 0 Å². The van der Waals surface area contributed by atoms with Gasteiger partial charge in [0.2, 0.25) is 6.29 Å². The molecular formula is C47H74O20. The lowest BCUT2D eigenvalue weighted by molar-refractivity contribution is -0.379. The highest BCUT2D eigenvalue weighted by Crippen LogP contribution is 2.54. The molecule has 4 fully saturated rings. The topological polar surface area (TPSA) is 306 Å². The van der Waals surface area contributed by atoms with Crippen molar-refractivity contribution in [2.45, 2.75) is 215 Å². The zero-order chi connectivity index (χ0) is 48.6. The Hall–Kier alpha value is -2.16. The lowest BCUT2D eigenvalue weighted by Gasteiger charge is -2.49. The smallest absolute Gasteiger partial charge is 0.229 e. The van der Waals surface area contributed by atoms with Crippen molar-refractivity contribution in [3.63, 3.8) is 0 Å². The van der Waals surface area contributed by atoms with Gasteiger partial charge in [0, 0.05) is 23.3 Å². The molecule has 0 radical (unpaired) electrons. The van der Waals surface area contributed by atoms with E-state index in [1.54, 1.807) is 13.8 Å². The maximum absolute atomic E-state index is 12.0. The Balaban J connectivity index is 1.20. The van der Waals surface area contributed by atoms with Crippen LogP contribution in [0.3, 0.4) is 0 Å². The first-order valence-corrected chi connectivity index (χ1v) is 23.9. The van der Waals surface area contributed by atoms with Gasteiger partial charge in [-0.1, -0.05) is 45.3 Å². The summed E-state index contributed by atoms with van der Waals surface area (Å²) in [6.07, 6.45) is -22.6. The van der Waals surface area contributed by atoms with Gasteiger partial charge in [-0.2, -0.15) is 0 Å². The molecule has 382 valence electrons.